The average molecular weight is 230 g/mol. The molecule has 17 heavy (non-hydrogen) atoms. The fraction of sp³-hybridized carbons (Fsp3) is 0.308. The molecule has 1 fully saturated rings. The van der Waals surface area contributed by atoms with Crippen LogP contribution in [0.15, 0.2) is 42.5 Å². The van der Waals surface area contributed by atoms with Crippen molar-refractivity contribution >= 4 is 11.8 Å². The molecule has 1 N–H and O–H groups in total. The van der Waals surface area contributed by atoms with Gasteiger partial charge in [-0.1, -0.05) is 24.3 Å². The molecular weight excluding hydrogens is 216 g/mol. The van der Waals surface area contributed by atoms with Crippen molar-refractivity contribution in [2.45, 2.75) is 18.7 Å². The molecule has 0 radical (unpaired) electrons. The molecule has 1 aromatic rings. The Morgan fingerprint density at radius 2 is 2.18 bits per heavy atom. The van der Waals surface area contributed by atoms with Crippen molar-refractivity contribution in [1.82, 2.24) is 5.32 Å². The normalized spacial score (nSPS) is 31.2. The molecule has 88 valence electrons. The van der Waals surface area contributed by atoms with Gasteiger partial charge in [-0.2, -0.15) is 0 Å². The lowest BCUT2D eigenvalue weighted by Crippen LogP contribution is -2.54. The third kappa shape index (κ3) is 1.52. The summed E-state index contributed by atoms with van der Waals surface area (Å²) in [5, 5.41) is 3.29. The minimum atomic E-state index is -0.578. The molecule has 1 saturated heterocycles. The van der Waals surface area contributed by atoms with Crippen LogP contribution in [0.1, 0.15) is 6.92 Å². The zero-order valence-corrected chi connectivity index (χ0v) is 9.59. The van der Waals surface area contributed by atoms with Gasteiger partial charge in [0.2, 0.25) is 0 Å². The molecule has 4 nitrogen and oxygen atoms in total. The first-order chi connectivity index (χ1) is 8.21. The molecule has 0 bridgehead atoms. The highest BCUT2D eigenvalue weighted by Crippen LogP contribution is 2.34. The van der Waals surface area contributed by atoms with Crippen LogP contribution in [-0.4, -0.2) is 24.4 Å². The van der Waals surface area contributed by atoms with E-state index >= 15 is 0 Å². The lowest BCUT2D eigenvalue weighted by Gasteiger charge is -2.32. The van der Waals surface area contributed by atoms with Crippen molar-refractivity contribution in [2.24, 2.45) is 0 Å². The van der Waals surface area contributed by atoms with Crippen LogP contribution in [0, 0.1) is 0 Å². The van der Waals surface area contributed by atoms with Crippen LogP contribution < -0.4 is 10.2 Å². The topological polar surface area (TPSA) is 41.6 Å². The summed E-state index contributed by atoms with van der Waals surface area (Å²) in [6, 6.07) is 9.58. The van der Waals surface area contributed by atoms with Gasteiger partial charge in [-0.25, -0.2) is 4.79 Å². The maximum atomic E-state index is 12.0. The molecule has 0 saturated carbocycles. The van der Waals surface area contributed by atoms with Gasteiger partial charge in [-0.05, 0) is 25.1 Å². The van der Waals surface area contributed by atoms with Gasteiger partial charge in [-0.3, -0.25) is 10.2 Å². The van der Waals surface area contributed by atoms with Gasteiger partial charge < -0.3 is 4.74 Å². The third-order valence-electron chi connectivity index (χ3n) is 3.22. The maximum absolute atomic E-state index is 12.0. The Bertz CT molecular complexity index is 472. The standard InChI is InChI=1S/C13H14N2O2/c1-13-8-5-9-14-11(13)15(12(16)17-13)10-6-3-2-4-7-10/h2-8,11,14H,9H2,1H3. The summed E-state index contributed by atoms with van der Waals surface area (Å²) in [7, 11) is 0. The van der Waals surface area contributed by atoms with Crippen molar-refractivity contribution in [3.8, 4) is 0 Å². The van der Waals surface area contributed by atoms with E-state index in [0.717, 1.165) is 12.2 Å². The Morgan fingerprint density at radius 1 is 1.41 bits per heavy atom. The van der Waals surface area contributed by atoms with E-state index in [9.17, 15) is 4.79 Å². The first kappa shape index (κ1) is 10.4. The van der Waals surface area contributed by atoms with E-state index in [0.29, 0.717) is 0 Å². The Balaban J connectivity index is 2.01. The van der Waals surface area contributed by atoms with E-state index in [-0.39, 0.29) is 12.3 Å². The van der Waals surface area contributed by atoms with Gasteiger partial charge in [0.15, 0.2) is 5.60 Å². The van der Waals surface area contributed by atoms with Crippen LogP contribution in [0.25, 0.3) is 0 Å². The molecule has 3 rings (SSSR count). The quantitative estimate of drug-likeness (QED) is 0.749. The second-order valence-corrected chi connectivity index (χ2v) is 4.47. The largest absolute Gasteiger partial charge is 0.435 e. The Kier molecular flexibility index (Phi) is 2.19. The van der Waals surface area contributed by atoms with Gasteiger partial charge in [0.05, 0.1) is 0 Å². The minimum Gasteiger partial charge on any atom is -0.435 e. The number of nitrogens with zero attached hydrogens (tertiary/aromatic N) is 1. The lowest BCUT2D eigenvalue weighted by molar-refractivity contribution is 0.0822. The van der Waals surface area contributed by atoms with Crippen molar-refractivity contribution in [3.63, 3.8) is 0 Å². The number of ether oxygens (including phenoxy) is 1. The van der Waals surface area contributed by atoms with Gasteiger partial charge in [-0.15, -0.1) is 0 Å². The fourth-order valence-electron chi connectivity index (χ4n) is 2.39. The summed E-state index contributed by atoms with van der Waals surface area (Å²) in [5.74, 6) is 0. The second kappa shape index (κ2) is 3.60. The first-order valence-electron chi connectivity index (χ1n) is 5.69. The molecule has 0 spiro atoms. The first-order valence-corrected chi connectivity index (χ1v) is 5.69. The molecule has 1 aromatic carbocycles. The Morgan fingerprint density at radius 3 is 2.94 bits per heavy atom. The van der Waals surface area contributed by atoms with Crippen LogP contribution >= 0.6 is 0 Å². The molecule has 0 aliphatic carbocycles. The predicted octanol–water partition coefficient (Wildman–Crippen LogP) is 1.89. The SMILES string of the molecule is CC12C=CCNC1N(c1ccccc1)C(=O)O2. The average Bonchev–Trinajstić information content (AvgIpc) is 2.60. The fourth-order valence-corrected chi connectivity index (χ4v) is 2.39. The third-order valence-corrected chi connectivity index (χ3v) is 3.22. The second-order valence-electron chi connectivity index (χ2n) is 4.47. The van der Waals surface area contributed by atoms with Gasteiger partial charge >= 0.3 is 6.09 Å². The van der Waals surface area contributed by atoms with Crippen molar-refractivity contribution in [3.05, 3.63) is 42.5 Å². The zero-order chi connectivity index (χ0) is 11.9. The van der Waals surface area contributed by atoms with Crippen molar-refractivity contribution in [2.75, 3.05) is 11.4 Å². The van der Waals surface area contributed by atoms with E-state index in [2.05, 4.69) is 5.32 Å². The minimum absolute atomic E-state index is 0.137. The lowest BCUT2D eigenvalue weighted by atomic mass is 9.99. The molecule has 2 aliphatic heterocycles. The molecule has 2 aliphatic rings. The maximum Gasteiger partial charge on any atom is 0.416 e. The van der Waals surface area contributed by atoms with E-state index in [4.69, 9.17) is 4.74 Å². The molecule has 2 heterocycles. The summed E-state index contributed by atoms with van der Waals surface area (Å²) in [6.45, 7) is 2.67. The van der Waals surface area contributed by atoms with E-state index in [1.54, 1.807) is 4.90 Å². The summed E-state index contributed by atoms with van der Waals surface area (Å²) in [4.78, 5) is 13.6. The molecule has 1 amide bonds. The number of hydrogen-bond acceptors (Lipinski definition) is 3. The number of benzene rings is 1. The predicted molar refractivity (Wildman–Crippen MR) is 64.7 cm³/mol. The Hall–Kier alpha value is -1.81. The number of fused-ring (bicyclic) bond motifs is 1. The van der Waals surface area contributed by atoms with Crippen molar-refractivity contribution < 1.29 is 9.53 Å². The van der Waals surface area contributed by atoms with Crippen LogP contribution in [-0.2, 0) is 4.74 Å². The molecule has 2 unspecified atom stereocenters. The van der Waals surface area contributed by atoms with Crippen LogP contribution in [0.3, 0.4) is 0 Å². The van der Waals surface area contributed by atoms with Gasteiger partial charge in [0.25, 0.3) is 0 Å². The number of anilines is 1. The zero-order valence-electron chi connectivity index (χ0n) is 9.59. The molecule has 2 atom stereocenters. The molecular formula is C13H14N2O2. The number of hydrogen-bond donors (Lipinski definition) is 1. The van der Waals surface area contributed by atoms with Crippen LogP contribution in [0.4, 0.5) is 10.5 Å². The molecule has 0 aromatic heterocycles. The van der Waals surface area contributed by atoms with Gasteiger partial charge in [0, 0.05) is 12.2 Å². The number of carbonyl (C=O) groups is 1. The van der Waals surface area contributed by atoms with E-state index < -0.39 is 5.60 Å². The number of para-hydroxylation sites is 1. The van der Waals surface area contributed by atoms with E-state index in [1.165, 1.54) is 0 Å². The number of nitrogens with one attached hydrogen (secondary N) is 1. The number of rotatable bonds is 1. The summed E-state index contributed by atoms with van der Waals surface area (Å²) in [6.07, 6.45) is 3.50. The highest BCUT2D eigenvalue weighted by Gasteiger charge is 2.50. The monoisotopic (exact) mass is 230 g/mol. The summed E-state index contributed by atoms with van der Waals surface area (Å²) >= 11 is 0. The Labute approximate surface area is 99.9 Å². The number of amides is 1. The highest BCUT2D eigenvalue weighted by atomic mass is 16.6. The van der Waals surface area contributed by atoms with Crippen molar-refractivity contribution in [1.29, 1.82) is 0 Å². The smallest absolute Gasteiger partial charge is 0.416 e. The number of carbonyl (C=O) groups excluding carboxylic acids is 1. The van der Waals surface area contributed by atoms with E-state index in [1.807, 2.05) is 49.4 Å². The summed E-state index contributed by atoms with van der Waals surface area (Å²) < 4.78 is 5.46. The van der Waals surface area contributed by atoms with Crippen LogP contribution in [0.5, 0.6) is 0 Å². The van der Waals surface area contributed by atoms with Gasteiger partial charge in [0.1, 0.15) is 6.17 Å². The highest BCUT2D eigenvalue weighted by molar-refractivity contribution is 5.91. The van der Waals surface area contributed by atoms with Crippen LogP contribution in [0.2, 0.25) is 0 Å². The molecule has 4 heteroatoms. The summed E-state index contributed by atoms with van der Waals surface area (Å²) in [5.41, 5.74) is 0.277.